The SMILES string of the molecule is C#CC(C)N1C(=O)N=C(N)C1CC(=O)N(C)C. The largest absolute Gasteiger partial charge is 0.385 e. The van der Waals surface area contributed by atoms with Crippen LogP contribution in [0.25, 0.3) is 0 Å². The van der Waals surface area contributed by atoms with Crippen LogP contribution in [0.4, 0.5) is 4.79 Å². The predicted molar refractivity (Wildman–Crippen MR) is 64.3 cm³/mol. The molecule has 1 rings (SSSR count). The fraction of sp³-hybridized carbons (Fsp3) is 0.545. The molecule has 0 bridgehead atoms. The van der Waals surface area contributed by atoms with E-state index in [0.29, 0.717) is 0 Å². The third kappa shape index (κ3) is 2.56. The van der Waals surface area contributed by atoms with E-state index in [1.807, 2.05) is 0 Å². The molecule has 0 aromatic heterocycles. The van der Waals surface area contributed by atoms with Gasteiger partial charge in [0.05, 0.1) is 12.5 Å². The van der Waals surface area contributed by atoms with Crippen LogP contribution in [0.15, 0.2) is 4.99 Å². The molecule has 2 atom stereocenters. The van der Waals surface area contributed by atoms with Gasteiger partial charge in [-0.25, -0.2) is 4.79 Å². The summed E-state index contributed by atoms with van der Waals surface area (Å²) in [6.07, 6.45) is 5.38. The molecule has 0 aromatic carbocycles. The minimum Gasteiger partial charge on any atom is -0.385 e. The molecule has 3 amide bonds. The molecule has 2 unspecified atom stereocenters. The van der Waals surface area contributed by atoms with Gasteiger partial charge >= 0.3 is 6.03 Å². The number of nitrogens with two attached hydrogens (primary N) is 1. The van der Waals surface area contributed by atoms with Crippen LogP contribution >= 0.6 is 0 Å². The first-order chi connectivity index (χ1) is 7.88. The molecule has 0 aliphatic carbocycles. The van der Waals surface area contributed by atoms with E-state index in [2.05, 4.69) is 10.9 Å². The second-order valence-electron chi connectivity index (χ2n) is 4.08. The smallest absolute Gasteiger partial charge is 0.346 e. The Morgan fingerprint density at radius 3 is 2.76 bits per heavy atom. The fourth-order valence-electron chi connectivity index (χ4n) is 1.59. The third-order valence-corrected chi connectivity index (χ3v) is 2.65. The molecule has 1 aliphatic heterocycles. The number of amidine groups is 1. The Morgan fingerprint density at radius 1 is 1.71 bits per heavy atom. The van der Waals surface area contributed by atoms with Gasteiger partial charge in [0, 0.05) is 14.1 Å². The number of terminal acetylenes is 1. The Kier molecular flexibility index (Phi) is 3.73. The molecule has 6 heteroatoms. The number of nitrogens with zero attached hydrogens (tertiary/aromatic N) is 3. The number of amides is 3. The van der Waals surface area contributed by atoms with E-state index >= 15 is 0 Å². The lowest BCUT2D eigenvalue weighted by Crippen LogP contribution is -2.47. The molecule has 1 aliphatic rings. The van der Waals surface area contributed by atoms with Crippen molar-refractivity contribution in [1.82, 2.24) is 9.80 Å². The maximum absolute atomic E-state index is 11.6. The second-order valence-corrected chi connectivity index (χ2v) is 4.08. The van der Waals surface area contributed by atoms with E-state index < -0.39 is 18.1 Å². The van der Waals surface area contributed by atoms with Crippen molar-refractivity contribution in [3.8, 4) is 12.3 Å². The number of aliphatic imine (C=N–C) groups is 1. The first-order valence-electron chi connectivity index (χ1n) is 5.21. The van der Waals surface area contributed by atoms with Gasteiger partial charge in [-0.2, -0.15) is 4.99 Å². The second kappa shape index (κ2) is 4.87. The number of carbonyl (C=O) groups is 2. The van der Waals surface area contributed by atoms with Crippen LogP contribution in [0.2, 0.25) is 0 Å². The van der Waals surface area contributed by atoms with E-state index in [1.54, 1.807) is 21.0 Å². The highest BCUT2D eigenvalue weighted by atomic mass is 16.2. The van der Waals surface area contributed by atoms with Crippen molar-refractivity contribution in [2.45, 2.75) is 25.4 Å². The van der Waals surface area contributed by atoms with Crippen molar-refractivity contribution in [3.63, 3.8) is 0 Å². The van der Waals surface area contributed by atoms with Crippen LogP contribution in [-0.2, 0) is 4.79 Å². The van der Waals surface area contributed by atoms with Crippen molar-refractivity contribution >= 4 is 17.8 Å². The van der Waals surface area contributed by atoms with Crippen LogP contribution in [0.3, 0.4) is 0 Å². The maximum Gasteiger partial charge on any atom is 0.346 e. The van der Waals surface area contributed by atoms with Gasteiger partial charge in [-0.15, -0.1) is 6.42 Å². The Morgan fingerprint density at radius 2 is 2.29 bits per heavy atom. The monoisotopic (exact) mass is 236 g/mol. The van der Waals surface area contributed by atoms with Gasteiger partial charge in [-0.1, -0.05) is 5.92 Å². The quantitative estimate of drug-likeness (QED) is 0.680. The topological polar surface area (TPSA) is 79.0 Å². The number of hydrogen-bond donors (Lipinski definition) is 1. The Bertz CT molecular complexity index is 408. The average Bonchev–Trinajstić information content (AvgIpc) is 2.53. The molecule has 2 N–H and O–H groups in total. The summed E-state index contributed by atoms with van der Waals surface area (Å²) in [5.74, 6) is 2.46. The minimum absolute atomic E-state index is 0.0973. The molecule has 6 nitrogen and oxygen atoms in total. The predicted octanol–water partition coefficient (Wildman–Crippen LogP) is -0.352. The standard InChI is InChI=1S/C11H16N4O2/c1-5-7(2)15-8(6-9(16)14(3)4)10(12)13-11(15)17/h1,7-8H,6H2,2-4H3,(H2,12,13,17). The molecule has 0 radical (unpaired) electrons. The highest BCUT2D eigenvalue weighted by Gasteiger charge is 2.37. The molecule has 0 spiro atoms. The summed E-state index contributed by atoms with van der Waals surface area (Å²) in [4.78, 5) is 29.7. The third-order valence-electron chi connectivity index (χ3n) is 2.65. The maximum atomic E-state index is 11.6. The van der Waals surface area contributed by atoms with Crippen molar-refractivity contribution in [2.24, 2.45) is 10.7 Å². The van der Waals surface area contributed by atoms with E-state index in [0.717, 1.165) is 0 Å². The van der Waals surface area contributed by atoms with E-state index in [1.165, 1.54) is 9.80 Å². The van der Waals surface area contributed by atoms with Crippen molar-refractivity contribution < 1.29 is 9.59 Å². The summed E-state index contributed by atoms with van der Waals surface area (Å²) in [5.41, 5.74) is 5.65. The van der Waals surface area contributed by atoms with Crippen molar-refractivity contribution in [1.29, 1.82) is 0 Å². The fourth-order valence-corrected chi connectivity index (χ4v) is 1.59. The van der Waals surface area contributed by atoms with E-state index in [9.17, 15) is 9.59 Å². The molecular formula is C11H16N4O2. The van der Waals surface area contributed by atoms with E-state index in [-0.39, 0.29) is 18.2 Å². The number of urea groups is 1. The van der Waals surface area contributed by atoms with Gasteiger partial charge < -0.3 is 10.6 Å². The lowest BCUT2D eigenvalue weighted by Gasteiger charge is -2.27. The summed E-state index contributed by atoms with van der Waals surface area (Å²) in [6.45, 7) is 1.69. The molecule has 1 heterocycles. The summed E-state index contributed by atoms with van der Waals surface area (Å²) >= 11 is 0. The van der Waals surface area contributed by atoms with Crippen molar-refractivity contribution in [2.75, 3.05) is 14.1 Å². The number of rotatable bonds is 3. The van der Waals surface area contributed by atoms with Crippen LogP contribution in [-0.4, -0.2) is 53.8 Å². The highest BCUT2D eigenvalue weighted by molar-refractivity contribution is 6.04. The molecule has 0 aromatic rings. The van der Waals surface area contributed by atoms with Crippen LogP contribution in [0, 0.1) is 12.3 Å². The summed E-state index contributed by atoms with van der Waals surface area (Å²) in [7, 11) is 3.28. The first kappa shape index (κ1) is 13.0. The van der Waals surface area contributed by atoms with Gasteiger partial charge in [0.25, 0.3) is 0 Å². The van der Waals surface area contributed by atoms with E-state index in [4.69, 9.17) is 12.2 Å². The Labute approximate surface area is 100 Å². The lowest BCUT2D eigenvalue weighted by molar-refractivity contribution is -0.129. The van der Waals surface area contributed by atoms with Gasteiger partial charge in [0.1, 0.15) is 11.9 Å². The van der Waals surface area contributed by atoms with Crippen LogP contribution < -0.4 is 5.73 Å². The molecule has 0 fully saturated rings. The zero-order chi connectivity index (χ0) is 13.2. The van der Waals surface area contributed by atoms with Crippen LogP contribution in [0.5, 0.6) is 0 Å². The number of carbonyl (C=O) groups excluding carboxylic acids is 2. The van der Waals surface area contributed by atoms with Crippen molar-refractivity contribution in [3.05, 3.63) is 0 Å². The zero-order valence-electron chi connectivity index (χ0n) is 10.2. The molecular weight excluding hydrogens is 220 g/mol. The summed E-state index contributed by atoms with van der Waals surface area (Å²) in [6, 6.07) is -1.46. The minimum atomic E-state index is -0.538. The van der Waals surface area contributed by atoms with Gasteiger partial charge in [-0.05, 0) is 6.92 Å². The zero-order valence-corrected chi connectivity index (χ0v) is 10.2. The average molecular weight is 236 g/mol. The summed E-state index contributed by atoms with van der Waals surface area (Å²) < 4.78 is 0. The lowest BCUT2D eigenvalue weighted by atomic mass is 10.1. The first-order valence-corrected chi connectivity index (χ1v) is 5.21. The van der Waals surface area contributed by atoms with Crippen LogP contribution in [0.1, 0.15) is 13.3 Å². The van der Waals surface area contributed by atoms with Gasteiger partial charge in [0.15, 0.2) is 0 Å². The Balaban J connectivity index is 2.88. The molecule has 92 valence electrons. The Hall–Kier alpha value is -2.03. The molecule has 0 saturated heterocycles. The molecule has 17 heavy (non-hydrogen) atoms. The van der Waals surface area contributed by atoms with Gasteiger partial charge in [-0.3, -0.25) is 9.69 Å². The normalized spacial score (nSPS) is 20.8. The summed E-state index contributed by atoms with van der Waals surface area (Å²) in [5, 5.41) is 0. The number of hydrogen-bond acceptors (Lipinski definition) is 3. The van der Waals surface area contributed by atoms with Gasteiger partial charge in [0.2, 0.25) is 5.91 Å². The molecule has 0 saturated carbocycles. The highest BCUT2D eigenvalue weighted by Crippen LogP contribution is 2.18.